The maximum atomic E-state index is 4.75. The highest BCUT2D eigenvalue weighted by Crippen LogP contribution is 1.47. The Hall–Kier alpha value is 0.110. The Kier molecular flexibility index (Phi) is 73.7. The van der Waals surface area contributed by atoms with E-state index in [4.69, 9.17) is 11.7 Å². The molecule has 0 radical (unpaired) electrons. The highest BCUT2D eigenvalue weighted by molar-refractivity contribution is 7.80. The SMILES string of the molecule is Cl.Cl.NNC(=S)NN.O.O. The first-order chi connectivity index (χ1) is 2.81. The molecule has 6 nitrogen and oxygen atoms in total. The lowest BCUT2D eigenvalue weighted by molar-refractivity contribution is 0.823. The molecule has 0 unspecified atom stereocenters. The van der Waals surface area contributed by atoms with Gasteiger partial charge in [0.2, 0.25) is 0 Å². The summed E-state index contributed by atoms with van der Waals surface area (Å²) in [6.45, 7) is 0. The first-order valence-corrected chi connectivity index (χ1v) is 1.69. The number of hydrogen-bond donors (Lipinski definition) is 4. The Morgan fingerprint density at radius 3 is 1.20 bits per heavy atom. The van der Waals surface area contributed by atoms with Gasteiger partial charge in [-0.15, -0.1) is 24.8 Å². The molecule has 0 rings (SSSR count). The summed E-state index contributed by atoms with van der Waals surface area (Å²) < 4.78 is 0. The Labute approximate surface area is 76.1 Å². The minimum Gasteiger partial charge on any atom is -0.412 e. The predicted molar refractivity (Wildman–Crippen MR) is 49.0 cm³/mol. The number of nitrogens with two attached hydrogens (primary N) is 2. The number of nitrogens with one attached hydrogen (secondary N) is 2. The minimum atomic E-state index is 0. The third-order valence-corrected chi connectivity index (χ3v) is 0.498. The molecule has 0 saturated carbocycles. The zero-order valence-corrected chi connectivity index (χ0v) is 7.33. The standard InChI is InChI=1S/CH6N4S.2ClH.2H2O/c2-4-1(6)5-3;;;;/h2-3H2,(H2,4,5,6);2*1H;2*1H2. The van der Waals surface area contributed by atoms with Gasteiger partial charge in [0.1, 0.15) is 0 Å². The van der Waals surface area contributed by atoms with E-state index in [0.29, 0.717) is 0 Å². The first-order valence-electron chi connectivity index (χ1n) is 1.28. The van der Waals surface area contributed by atoms with Crippen molar-refractivity contribution in [2.24, 2.45) is 11.7 Å². The largest absolute Gasteiger partial charge is 0.412 e. The molecule has 0 saturated heterocycles. The number of hydrazine groups is 2. The predicted octanol–water partition coefficient (Wildman–Crippen LogP) is -2.61. The van der Waals surface area contributed by atoms with E-state index in [9.17, 15) is 0 Å². The van der Waals surface area contributed by atoms with E-state index in [1.807, 2.05) is 0 Å². The summed E-state index contributed by atoms with van der Waals surface area (Å²) >= 11 is 4.38. The molecule has 0 atom stereocenters. The van der Waals surface area contributed by atoms with Crippen LogP contribution in [0, 0.1) is 0 Å². The van der Waals surface area contributed by atoms with Gasteiger partial charge in [-0.05, 0) is 12.2 Å². The molecule has 0 aliphatic carbocycles. The fourth-order valence-electron chi connectivity index (χ4n) is 0.0417. The van der Waals surface area contributed by atoms with E-state index < -0.39 is 0 Å². The van der Waals surface area contributed by atoms with Crippen LogP contribution in [0.4, 0.5) is 0 Å². The molecule has 0 aromatic rings. The van der Waals surface area contributed by atoms with Gasteiger partial charge in [0.15, 0.2) is 5.11 Å². The molecule has 10 N–H and O–H groups in total. The van der Waals surface area contributed by atoms with Gasteiger partial charge in [-0.2, -0.15) is 0 Å². The van der Waals surface area contributed by atoms with Gasteiger partial charge in [0, 0.05) is 0 Å². The van der Waals surface area contributed by atoms with Crippen LogP contribution in [-0.2, 0) is 0 Å². The normalized spacial score (nSPS) is 4.20. The van der Waals surface area contributed by atoms with Crippen molar-refractivity contribution in [2.45, 2.75) is 0 Å². The molecule has 0 aliphatic rings. The van der Waals surface area contributed by atoms with Crippen molar-refractivity contribution >= 4 is 42.1 Å². The number of halogens is 2. The molecule has 0 aromatic heterocycles. The molecule has 0 spiro atoms. The van der Waals surface area contributed by atoms with E-state index in [1.54, 1.807) is 0 Å². The van der Waals surface area contributed by atoms with Crippen molar-refractivity contribution in [3.63, 3.8) is 0 Å². The van der Waals surface area contributed by atoms with Crippen LogP contribution in [0.2, 0.25) is 0 Å². The Balaban J connectivity index is -0.0000000208. The van der Waals surface area contributed by atoms with E-state index in [0.717, 1.165) is 0 Å². The van der Waals surface area contributed by atoms with Crippen LogP contribution < -0.4 is 22.5 Å². The summed E-state index contributed by atoms with van der Waals surface area (Å²) in [6, 6.07) is 0. The maximum absolute atomic E-state index is 4.75. The molecule has 0 amide bonds. The molecular weight excluding hydrogens is 203 g/mol. The summed E-state index contributed by atoms with van der Waals surface area (Å²) in [6.07, 6.45) is 0. The average molecular weight is 215 g/mol. The smallest absolute Gasteiger partial charge is 0.194 e. The zero-order chi connectivity index (χ0) is 4.99. The summed E-state index contributed by atoms with van der Waals surface area (Å²) in [7, 11) is 0. The van der Waals surface area contributed by atoms with E-state index >= 15 is 0 Å². The van der Waals surface area contributed by atoms with Gasteiger partial charge in [-0.3, -0.25) is 10.9 Å². The van der Waals surface area contributed by atoms with Crippen molar-refractivity contribution in [3.05, 3.63) is 0 Å². The van der Waals surface area contributed by atoms with Gasteiger partial charge in [0.25, 0.3) is 0 Å². The lowest BCUT2D eigenvalue weighted by atomic mass is 11.2. The van der Waals surface area contributed by atoms with Crippen molar-refractivity contribution in [1.82, 2.24) is 10.9 Å². The molecular formula is CH12Cl2N4O2S. The van der Waals surface area contributed by atoms with Crippen LogP contribution in [0.1, 0.15) is 0 Å². The summed E-state index contributed by atoms with van der Waals surface area (Å²) in [5.41, 5.74) is 4.22. The van der Waals surface area contributed by atoms with E-state index in [1.165, 1.54) is 0 Å². The molecule has 0 aromatic carbocycles. The van der Waals surface area contributed by atoms with Gasteiger partial charge >= 0.3 is 0 Å². The Morgan fingerprint density at radius 1 is 1.00 bits per heavy atom. The van der Waals surface area contributed by atoms with Crippen molar-refractivity contribution in [1.29, 1.82) is 0 Å². The fourth-order valence-corrected chi connectivity index (χ4v) is 0.0417. The topological polar surface area (TPSA) is 139 Å². The zero-order valence-electron chi connectivity index (χ0n) is 4.88. The van der Waals surface area contributed by atoms with Crippen LogP contribution in [0.5, 0.6) is 0 Å². The summed E-state index contributed by atoms with van der Waals surface area (Å²) in [4.78, 5) is 0. The van der Waals surface area contributed by atoms with Crippen LogP contribution >= 0.6 is 37.0 Å². The minimum absolute atomic E-state index is 0. The fraction of sp³-hybridized carbons (Fsp3) is 0. The summed E-state index contributed by atoms with van der Waals surface area (Å²) in [5, 5.41) is 0.231. The van der Waals surface area contributed by atoms with Gasteiger partial charge in [0.05, 0.1) is 0 Å². The molecule has 68 valence electrons. The first kappa shape index (κ1) is 32.1. The number of hydrogen-bond acceptors (Lipinski definition) is 3. The van der Waals surface area contributed by atoms with Crippen LogP contribution in [-0.4, -0.2) is 16.1 Å². The monoisotopic (exact) mass is 214 g/mol. The second-order valence-electron chi connectivity index (χ2n) is 0.618. The highest BCUT2D eigenvalue weighted by atomic mass is 35.5. The highest BCUT2D eigenvalue weighted by Gasteiger charge is 1.76. The maximum Gasteiger partial charge on any atom is 0.194 e. The van der Waals surface area contributed by atoms with Crippen molar-refractivity contribution < 1.29 is 11.0 Å². The quantitative estimate of drug-likeness (QED) is 0.199. The Morgan fingerprint density at radius 2 is 1.20 bits per heavy atom. The number of rotatable bonds is 0. The molecule has 9 heteroatoms. The molecule has 0 heterocycles. The van der Waals surface area contributed by atoms with Gasteiger partial charge in [-0.25, -0.2) is 11.7 Å². The van der Waals surface area contributed by atoms with E-state index in [2.05, 4.69) is 23.1 Å². The second-order valence-corrected chi connectivity index (χ2v) is 1.03. The molecule has 0 fully saturated rings. The lowest BCUT2D eigenvalue weighted by Gasteiger charge is -1.95. The number of thiocarbonyl (C=S) groups is 1. The van der Waals surface area contributed by atoms with Crippen molar-refractivity contribution in [3.8, 4) is 0 Å². The van der Waals surface area contributed by atoms with Crippen LogP contribution in [0.25, 0.3) is 0 Å². The Bertz CT molecular complexity index is 59.2. The summed E-state index contributed by atoms with van der Waals surface area (Å²) in [5.74, 6) is 9.50. The van der Waals surface area contributed by atoms with Crippen molar-refractivity contribution in [2.75, 3.05) is 0 Å². The van der Waals surface area contributed by atoms with E-state index in [-0.39, 0.29) is 40.9 Å². The molecule has 10 heavy (non-hydrogen) atoms. The van der Waals surface area contributed by atoms with Gasteiger partial charge in [-0.1, -0.05) is 0 Å². The second kappa shape index (κ2) is 22.9. The molecule has 0 bridgehead atoms. The average Bonchev–Trinajstić information content (AvgIpc) is 1.65. The molecule has 0 aliphatic heterocycles. The van der Waals surface area contributed by atoms with Crippen LogP contribution in [0.3, 0.4) is 0 Å². The lowest BCUT2D eigenvalue weighted by Crippen LogP contribution is -2.43. The third kappa shape index (κ3) is 24.3. The van der Waals surface area contributed by atoms with Gasteiger partial charge < -0.3 is 11.0 Å². The van der Waals surface area contributed by atoms with Crippen LogP contribution in [0.15, 0.2) is 0 Å². The third-order valence-electron chi connectivity index (χ3n) is 0.262.